The monoisotopic (exact) mass is 240 g/mol. The predicted molar refractivity (Wildman–Crippen MR) is 60.8 cm³/mol. The summed E-state index contributed by atoms with van der Waals surface area (Å²) in [6.07, 6.45) is 1.37. The Morgan fingerprint density at radius 3 is 3.00 bits per heavy atom. The van der Waals surface area contributed by atoms with Crippen molar-refractivity contribution in [2.45, 2.75) is 25.4 Å². The Labute approximate surface area is 99.3 Å². The quantitative estimate of drug-likeness (QED) is 0.708. The van der Waals surface area contributed by atoms with E-state index in [0.717, 1.165) is 12.0 Å². The summed E-state index contributed by atoms with van der Waals surface area (Å²) in [7, 11) is 1.37. The molecule has 1 aromatic carbocycles. The minimum absolute atomic E-state index is 0.340. The van der Waals surface area contributed by atoms with E-state index in [1.165, 1.54) is 7.11 Å². The van der Waals surface area contributed by atoms with Crippen molar-refractivity contribution in [2.24, 2.45) is 0 Å². The van der Waals surface area contributed by atoms with E-state index in [1.54, 1.807) is 19.1 Å². The summed E-state index contributed by atoms with van der Waals surface area (Å²) < 4.78 is 10.4. The number of methoxy groups -OCH3 is 1. The molecule has 0 spiro atoms. The van der Waals surface area contributed by atoms with Gasteiger partial charge in [-0.1, -0.05) is 11.6 Å². The molecule has 2 rings (SSSR count). The summed E-state index contributed by atoms with van der Waals surface area (Å²) in [5, 5.41) is 0.684. The lowest BCUT2D eigenvalue weighted by molar-refractivity contribution is -0.159. The second-order valence-corrected chi connectivity index (χ2v) is 4.51. The van der Waals surface area contributed by atoms with Gasteiger partial charge in [0, 0.05) is 11.4 Å². The van der Waals surface area contributed by atoms with Gasteiger partial charge in [-0.2, -0.15) is 0 Å². The summed E-state index contributed by atoms with van der Waals surface area (Å²) in [5.41, 5.74) is 0.157. The topological polar surface area (TPSA) is 35.5 Å². The van der Waals surface area contributed by atoms with Crippen LogP contribution in [0.25, 0.3) is 0 Å². The maximum Gasteiger partial charge on any atom is 0.349 e. The average molecular weight is 241 g/mol. The van der Waals surface area contributed by atoms with E-state index in [4.69, 9.17) is 21.1 Å². The summed E-state index contributed by atoms with van der Waals surface area (Å²) in [6, 6.07) is 5.41. The van der Waals surface area contributed by atoms with E-state index >= 15 is 0 Å². The lowest BCUT2D eigenvalue weighted by Gasteiger charge is -2.33. The molecule has 16 heavy (non-hydrogen) atoms. The van der Waals surface area contributed by atoms with Crippen LogP contribution in [0.3, 0.4) is 0 Å². The predicted octanol–water partition coefficient (Wildman–Crippen LogP) is 2.60. The van der Waals surface area contributed by atoms with Gasteiger partial charge in [0.05, 0.1) is 7.11 Å². The van der Waals surface area contributed by atoms with E-state index in [0.29, 0.717) is 17.2 Å². The Balaban J connectivity index is 2.30. The molecule has 0 N–H and O–H groups in total. The molecule has 0 saturated carbocycles. The summed E-state index contributed by atoms with van der Waals surface area (Å²) in [6.45, 7) is 1.75. The third-order valence-electron chi connectivity index (χ3n) is 2.85. The number of esters is 1. The van der Waals surface area contributed by atoms with Gasteiger partial charge >= 0.3 is 5.97 Å². The molecule has 0 radical (unpaired) electrons. The first-order valence-electron chi connectivity index (χ1n) is 5.11. The number of halogens is 1. The van der Waals surface area contributed by atoms with Crippen LogP contribution in [0.2, 0.25) is 5.02 Å². The molecule has 0 aromatic heterocycles. The van der Waals surface area contributed by atoms with Crippen LogP contribution in [-0.2, 0) is 16.0 Å². The molecule has 0 amide bonds. The van der Waals surface area contributed by atoms with Gasteiger partial charge in [0.15, 0.2) is 0 Å². The fourth-order valence-corrected chi connectivity index (χ4v) is 2.06. The highest BCUT2D eigenvalue weighted by Crippen LogP contribution is 2.35. The molecule has 1 unspecified atom stereocenters. The standard InChI is InChI=1S/C12H13ClO3/c1-12(11(14)15-2)6-5-8-7-9(13)3-4-10(8)16-12/h3-4,7H,5-6H2,1-2H3. The number of carbonyl (C=O) groups excluding carboxylic acids is 1. The van der Waals surface area contributed by atoms with Gasteiger partial charge in [0.2, 0.25) is 5.60 Å². The van der Waals surface area contributed by atoms with E-state index in [1.807, 2.05) is 6.07 Å². The molecule has 1 atom stereocenters. The maximum atomic E-state index is 11.6. The van der Waals surface area contributed by atoms with Gasteiger partial charge in [-0.25, -0.2) is 4.79 Å². The van der Waals surface area contributed by atoms with Crippen molar-refractivity contribution in [3.05, 3.63) is 28.8 Å². The molecule has 4 heteroatoms. The second-order valence-electron chi connectivity index (χ2n) is 4.08. The van der Waals surface area contributed by atoms with Crippen LogP contribution in [0.15, 0.2) is 18.2 Å². The second kappa shape index (κ2) is 3.98. The molecule has 0 saturated heterocycles. The van der Waals surface area contributed by atoms with E-state index in [2.05, 4.69) is 0 Å². The molecule has 3 nitrogen and oxygen atoms in total. The lowest BCUT2D eigenvalue weighted by Crippen LogP contribution is -2.45. The minimum Gasteiger partial charge on any atom is -0.476 e. The maximum absolute atomic E-state index is 11.6. The first-order chi connectivity index (χ1) is 7.55. The van der Waals surface area contributed by atoms with E-state index < -0.39 is 5.60 Å². The van der Waals surface area contributed by atoms with Gasteiger partial charge in [-0.3, -0.25) is 0 Å². The van der Waals surface area contributed by atoms with Crippen molar-refractivity contribution >= 4 is 17.6 Å². The molecule has 0 fully saturated rings. The number of rotatable bonds is 1. The molecule has 1 aromatic rings. The molecule has 86 valence electrons. The van der Waals surface area contributed by atoms with Crippen molar-refractivity contribution in [3.8, 4) is 5.75 Å². The van der Waals surface area contributed by atoms with Crippen molar-refractivity contribution in [2.75, 3.05) is 7.11 Å². The number of carbonyl (C=O) groups is 1. The lowest BCUT2D eigenvalue weighted by atomic mass is 9.93. The molecule has 1 aliphatic rings. The molecule has 1 heterocycles. The average Bonchev–Trinajstić information content (AvgIpc) is 2.28. The zero-order valence-corrected chi connectivity index (χ0v) is 10.0. The third kappa shape index (κ3) is 1.87. The normalized spacial score (nSPS) is 23.2. The summed E-state index contributed by atoms with van der Waals surface area (Å²) in [5.74, 6) is 0.372. The van der Waals surface area contributed by atoms with E-state index in [9.17, 15) is 4.79 Å². The third-order valence-corrected chi connectivity index (χ3v) is 3.08. The number of ether oxygens (including phenoxy) is 2. The highest BCUT2D eigenvalue weighted by molar-refractivity contribution is 6.30. The Hall–Kier alpha value is -1.22. The highest BCUT2D eigenvalue weighted by Gasteiger charge is 2.40. The van der Waals surface area contributed by atoms with Crippen LogP contribution >= 0.6 is 11.6 Å². The molecular formula is C12H13ClO3. The fourth-order valence-electron chi connectivity index (χ4n) is 1.87. The number of hydrogen-bond acceptors (Lipinski definition) is 3. The SMILES string of the molecule is COC(=O)C1(C)CCc2cc(Cl)ccc2O1. The van der Waals surface area contributed by atoms with E-state index in [-0.39, 0.29) is 5.97 Å². The highest BCUT2D eigenvalue weighted by atomic mass is 35.5. The number of fused-ring (bicyclic) bond motifs is 1. The Morgan fingerprint density at radius 2 is 2.31 bits per heavy atom. The number of benzene rings is 1. The summed E-state index contributed by atoms with van der Waals surface area (Å²) >= 11 is 5.89. The summed E-state index contributed by atoms with van der Waals surface area (Å²) in [4.78, 5) is 11.6. The van der Waals surface area contributed by atoms with Crippen molar-refractivity contribution in [1.29, 1.82) is 0 Å². The molecule has 0 bridgehead atoms. The Morgan fingerprint density at radius 1 is 1.56 bits per heavy atom. The fraction of sp³-hybridized carbons (Fsp3) is 0.417. The van der Waals surface area contributed by atoms with Crippen molar-refractivity contribution in [1.82, 2.24) is 0 Å². The zero-order chi connectivity index (χ0) is 11.8. The Kier molecular flexibility index (Phi) is 2.80. The van der Waals surface area contributed by atoms with Crippen molar-refractivity contribution in [3.63, 3.8) is 0 Å². The van der Waals surface area contributed by atoms with Crippen LogP contribution in [0.5, 0.6) is 5.75 Å². The molecule has 1 aliphatic heterocycles. The van der Waals surface area contributed by atoms with Crippen LogP contribution < -0.4 is 4.74 Å². The van der Waals surface area contributed by atoms with Gasteiger partial charge < -0.3 is 9.47 Å². The van der Waals surface area contributed by atoms with Crippen LogP contribution in [-0.4, -0.2) is 18.7 Å². The number of hydrogen-bond donors (Lipinski definition) is 0. The van der Waals surface area contributed by atoms with Crippen LogP contribution in [0, 0.1) is 0 Å². The van der Waals surface area contributed by atoms with Gasteiger partial charge in [-0.15, -0.1) is 0 Å². The number of aryl methyl sites for hydroxylation is 1. The van der Waals surface area contributed by atoms with Gasteiger partial charge in [-0.05, 0) is 37.1 Å². The smallest absolute Gasteiger partial charge is 0.349 e. The van der Waals surface area contributed by atoms with Crippen LogP contribution in [0.4, 0.5) is 0 Å². The van der Waals surface area contributed by atoms with Gasteiger partial charge in [0.1, 0.15) is 5.75 Å². The molecular weight excluding hydrogens is 228 g/mol. The Bertz CT molecular complexity index is 430. The largest absolute Gasteiger partial charge is 0.476 e. The van der Waals surface area contributed by atoms with Crippen LogP contribution in [0.1, 0.15) is 18.9 Å². The minimum atomic E-state index is -0.879. The molecule has 0 aliphatic carbocycles. The zero-order valence-electron chi connectivity index (χ0n) is 9.25. The van der Waals surface area contributed by atoms with Gasteiger partial charge in [0.25, 0.3) is 0 Å². The first-order valence-corrected chi connectivity index (χ1v) is 5.49. The van der Waals surface area contributed by atoms with Crippen molar-refractivity contribution < 1.29 is 14.3 Å². The first kappa shape index (κ1) is 11.3.